The largest absolute Gasteiger partial charge is 0.497 e. The first-order chi connectivity index (χ1) is 14.8. The fraction of sp³-hybridized carbons (Fsp3) is 0.462. The minimum Gasteiger partial charge on any atom is -0.497 e. The van der Waals surface area contributed by atoms with Crippen LogP contribution in [0.3, 0.4) is 0 Å². The van der Waals surface area contributed by atoms with Crippen molar-refractivity contribution in [3.05, 3.63) is 65.2 Å². The van der Waals surface area contributed by atoms with Gasteiger partial charge in [0.05, 0.1) is 7.11 Å². The van der Waals surface area contributed by atoms with E-state index in [0.29, 0.717) is 38.3 Å². The van der Waals surface area contributed by atoms with E-state index in [9.17, 15) is 9.59 Å². The van der Waals surface area contributed by atoms with E-state index in [4.69, 9.17) is 4.74 Å². The van der Waals surface area contributed by atoms with E-state index < -0.39 is 6.04 Å². The smallest absolute Gasteiger partial charge is 0.242 e. The van der Waals surface area contributed by atoms with Gasteiger partial charge in [0, 0.05) is 19.5 Å². The van der Waals surface area contributed by atoms with E-state index in [2.05, 4.69) is 43.4 Å². The van der Waals surface area contributed by atoms with Crippen LogP contribution in [0, 0.1) is 12.8 Å². The second-order valence-electron chi connectivity index (χ2n) is 8.42. The van der Waals surface area contributed by atoms with Crippen LogP contribution in [-0.2, 0) is 22.6 Å². The monoisotopic (exact) mass is 424 g/mol. The number of nitrogens with one attached hydrogen (secondary N) is 1. The Bertz CT molecular complexity index is 846. The Hall–Kier alpha value is -2.82. The van der Waals surface area contributed by atoms with Gasteiger partial charge in [-0.25, -0.2) is 0 Å². The van der Waals surface area contributed by atoms with E-state index in [-0.39, 0.29) is 11.8 Å². The summed E-state index contributed by atoms with van der Waals surface area (Å²) in [6.45, 7) is 9.08. The van der Waals surface area contributed by atoms with Crippen LogP contribution in [0.15, 0.2) is 48.5 Å². The molecule has 0 aliphatic carbocycles. The molecule has 2 rings (SSSR count). The summed E-state index contributed by atoms with van der Waals surface area (Å²) in [5, 5.41) is 3.00. The van der Waals surface area contributed by atoms with E-state index in [1.807, 2.05) is 38.1 Å². The van der Waals surface area contributed by atoms with Crippen LogP contribution in [0.1, 0.15) is 50.3 Å². The predicted octanol–water partition coefficient (Wildman–Crippen LogP) is 4.52. The molecule has 0 fully saturated rings. The fourth-order valence-corrected chi connectivity index (χ4v) is 3.46. The molecule has 1 atom stereocenters. The van der Waals surface area contributed by atoms with Crippen LogP contribution in [0.5, 0.6) is 5.75 Å². The average molecular weight is 425 g/mol. The summed E-state index contributed by atoms with van der Waals surface area (Å²) < 4.78 is 5.33. The van der Waals surface area contributed by atoms with Gasteiger partial charge in [0.2, 0.25) is 11.8 Å². The van der Waals surface area contributed by atoms with E-state index in [1.54, 1.807) is 12.0 Å². The lowest BCUT2D eigenvalue weighted by molar-refractivity contribution is -0.141. The minimum atomic E-state index is -0.504. The van der Waals surface area contributed by atoms with Crippen molar-refractivity contribution >= 4 is 11.8 Å². The molecule has 1 N–H and O–H groups in total. The summed E-state index contributed by atoms with van der Waals surface area (Å²) in [5.74, 6) is 0.977. The first-order valence-corrected chi connectivity index (χ1v) is 11.1. The molecule has 2 aromatic rings. The Morgan fingerprint density at radius 1 is 1.06 bits per heavy atom. The van der Waals surface area contributed by atoms with Crippen molar-refractivity contribution in [2.45, 2.75) is 59.5 Å². The van der Waals surface area contributed by atoms with E-state index in [1.165, 1.54) is 5.56 Å². The van der Waals surface area contributed by atoms with Gasteiger partial charge in [-0.3, -0.25) is 9.59 Å². The van der Waals surface area contributed by atoms with Crippen molar-refractivity contribution in [1.82, 2.24) is 10.2 Å². The molecule has 0 saturated carbocycles. The molecule has 0 aliphatic heterocycles. The SMILES string of the molecule is CC[C@@H](C(=O)NCC(C)C)N(Cc1cccc(OC)c1)C(=O)CCc1ccc(C)cc1. The third kappa shape index (κ3) is 7.74. The summed E-state index contributed by atoms with van der Waals surface area (Å²) in [6, 6.07) is 15.4. The van der Waals surface area contributed by atoms with Gasteiger partial charge in [-0.05, 0) is 48.9 Å². The van der Waals surface area contributed by atoms with Gasteiger partial charge >= 0.3 is 0 Å². The molecule has 0 bridgehead atoms. The molecule has 2 aromatic carbocycles. The Morgan fingerprint density at radius 3 is 2.39 bits per heavy atom. The van der Waals surface area contributed by atoms with Gasteiger partial charge < -0.3 is 15.0 Å². The summed E-state index contributed by atoms with van der Waals surface area (Å²) in [6.07, 6.45) is 1.57. The molecule has 2 amide bonds. The highest BCUT2D eigenvalue weighted by Gasteiger charge is 2.28. The third-order valence-electron chi connectivity index (χ3n) is 5.31. The lowest BCUT2D eigenvalue weighted by Crippen LogP contribution is -2.49. The zero-order valence-electron chi connectivity index (χ0n) is 19.5. The molecule has 5 heteroatoms. The van der Waals surface area contributed by atoms with Gasteiger partial charge in [0.25, 0.3) is 0 Å². The quantitative estimate of drug-likeness (QED) is 0.577. The second-order valence-corrected chi connectivity index (χ2v) is 8.42. The summed E-state index contributed by atoms with van der Waals surface area (Å²) >= 11 is 0. The van der Waals surface area contributed by atoms with Crippen LogP contribution in [-0.4, -0.2) is 36.4 Å². The number of ether oxygens (including phenoxy) is 1. The minimum absolute atomic E-state index is 0.0186. The van der Waals surface area contributed by atoms with Crippen molar-refractivity contribution in [3.63, 3.8) is 0 Å². The van der Waals surface area contributed by atoms with E-state index in [0.717, 1.165) is 16.9 Å². The number of aryl methyl sites for hydroxylation is 2. The number of carbonyl (C=O) groups excluding carboxylic acids is 2. The predicted molar refractivity (Wildman–Crippen MR) is 125 cm³/mol. The molecule has 0 radical (unpaired) electrons. The Morgan fingerprint density at radius 2 is 1.77 bits per heavy atom. The van der Waals surface area contributed by atoms with E-state index >= 15 is 0 Å². The van der Waals surface area contributed by atoms with Crippen molar-refractivity contribution in [3.8, 4) is 5.75 Å². The van der Waals surface area contributed by atoms with Crippen molar-refractivity contribution in [2.75, 3.05) is 13.7 Å². The van der Waals surface area contributed by atoms with Crippen molar-refractivity contribution in [1.29, 1.82) is 0 Å². The standard InChI is InChI=1S/C26H36N2O3/c1-6-24(26(30)27-17-19(2)3)28(18-22-8-7-9-23(16-22)31-5)25(29)15-14-21-12-10-20(4)11-13-21/h7-13,16,19,24H,6,14-15,17-18H2,1-5H3,(H,27,30)/t24-/m0/s1. The maximum atomic E-state index is 13.3. The van der Waals surface area contributed by atoms with Gasteiger partial charge in [-0.1, -0.05) is 62.7 Å². The highest BCUT2D eigenvalue weighted by Crippen LogP contribution is 2.19. The molecule has 0 spiro atoms. The van der Waals surface area contributed by atoms with Gasteiger partial charge in [0.1, 0.15) is 11.8 Å². The summed E-state index contributed by atoms with van der Waals surface area (Å²) in [7, 11) is 1.62. The number of hydrogen-bond acceptors (Lipinski definition) is 3. The van der Waals surface area contributed by atoms with Crippen LogP contribution in [0.2, 0.25) is 0 Å². The Balaban J connectivity index is 2.20. The van der Waals surface area contributed by atoms with Gasteiger partial charge in [-0.2, -0.15) is 0 Å². The molecule has 0 aromatic heterocycles. The average Bonchev–Trinajstić information content (AvgIpc) is 2.77. The molecule has 31 heavy (non-hydrogen) atoms. The number of hydrogen-bond donors (Lipinski definition) is 1. The van der Waals surface area contributed by atoms with Crippen LogP contribution >= 0.6 is 0 Å². The Labute approximate surface area is 186 Å². The molecule has 0 unspecified atom stereocenters. The number of rotatable bonds is 11. The normalized spacial score (nSPS) is 11.8. The molecular weight excluding hydrogens is 388 g/mol. The van der Waals surface area contributed by atoms with Crippen LogP contribution in [0.4, 0.5) is 0 Å². The van der Waals surface area contributed by atoms with Gasteiger partial charge in [-0.15, -0.1) is 0 Å². The molecule has 168 valence electrons. The number of methoxy groups -OCH3 is 1. The van der Waals surface area contributed by atoms with Crippen molar-refractivity contribution in [2.24, 2.45) is 5.92 Å². The zero-order valence-corrected chi connectivity index (χ0v) is 19.5. The zero-order chi connectivity index (χ0) is 22.8. The first-order valence-electron chi connectivity index (χ1n) is 11.1. The highest BCUT2D eigenvalue weighted by molar-refractivity contribution is 5.87. The van der Waals surface area contributed by atoms with Crippen LogP contribution in [0.25, 0.3) is 0 Å². The number of benzene rings is 2. The lowest BCUT2D eigenvalue weighted by Gasteiger charge is -2.31. The molecule has 0 aliphatic rings. The number of carbonyl (C=O) groups is 2. The first kappa shape index (κ1) is 24.4. The molecule has 5 nitrogen and oxygen atoms in total. The molecule has 0 saturated heterocycles. The maximum absolute atomic E-state index is 13.3. The molecular formula is C26H36N2O3. The number of nitrogens with zero attached hydrogens (tertiary/aromatic N) is 1. The second kappa shape index (κ2) is 12.1. The lowest BCUT2D eigenvalue weighted by atomic mass is 10.0. The Kier molecular flexibility index (Phi) is 9.57. The van der Waals surface area contributed by atoms with Crippen LogP contribution < -0.4 is 10.1 Å². The summed E-state index contributed by atoms with van der Waals surface area (Å²) in [4.78, 5) is 27.9. The van der Waals surface area contributed by atoms with Gasteiger partial charge in [0.15, 0.2) is 0 Å². The topological polar surface area (TPSA) is 58.6 Å². The number of amides is 2. The maximum Gasteiger partial charge on any atom is 0.242 e. The summed E-state index contributed by atoms with van der Waals surface area (Å²) in [5.41, 5.74) is 3.26. The highest BCUT2D eigenvalue weighted by atomic mass is 16.5. The molecule has 0 heterocycles. The van der Waals surface area contributed by atoms with Crippen molar-refractivity contribution < 1.29 is 14.3 Å². The third-order valence-corrected chi connectivity index (χ3v) is 5.31. The fourth-order valence-electron chi connectivity index (χ4n) is 3.46.